The molecule has 5 nitrogen and oxygen atoms in total. The Bertz CT molecular complexity index is 3000. The average molecular weight is 865 g/mol. The Morgan fingerprint density at radius 1 is 0.523 bits per heavy atom. The minimum atomic E-state index is -0.233. The molecule has 2 aromatic heterocycles. The molecule has 2 heterocycles. The van der Waals surface area contributed by atoms with Gasteiger partial charge in [0, 0.05) is 40.5 Å². The molecule has 0 unspecified atom stereocenters. The summed E-state index contributed by atoms with van der Waals surface area (Å²) in [7, 11) is 0. The fraction of sp³-hybridized carbons (Fsp3) is 0.305. The highest BCUT2D eigenvalue weighted by molar-refractivity contribution is 6.09. The van der Waals surface area contributed by atoms with Crippen molar-refractivity contribution >= 4 is 44.6 Å². The van der Waals surface area contributed by atoms with Gasteiger partial charge >= 0.3 is 0 Å². The molecule has 8 aromatic rings. The molecule has 0 radical (unpaired) electrons. The monoisotopic (exact) mass is 865 g/mol. The van der Waals surface area contributed by atoms with E-state index in [0.29, 0.717) is 0 Å². The first-order valence-electron chi connectivity index (χ1n) is 23.1. The fourth-order valence-corrected chi connectivity index (χ4v) is 8.63. The van der Waals surface area contributed by atoms with Gasteiger partial charge in [-0.15, -0.1) is 0 Å². The van der Waals surface area contributed by atoms with Gasteiger partial charge < -0.3 is 15.4 Å². The number of para-hydroxylation sites is 1. The number of fused-ring (bicyclic) bond motifs is 3. The quantitative estimate of drug-likeness (QED) is 0.144. The second kappa shape index (κ2) is 17.2. The number of halogens is 1. The molecule has 0 saturated carbocycles. The van der Waals surface area contributed by atoms with Crippen LogP contribution in [0.1, 0.15) is 130 Å². The molecule has 0 aliphatic carbocycles. The fourth-order valence-electron chi connectivity index (χ4n) is 8.63. The molecule has 8 rings (SSSR count). The number of hydrogen-bond donors (Lipinski definition) is 2. The SMILES string of the molecule is CC(C)c1cc(-c2ccc(F)cc2)cc(C(C)C)c1Nc1cc(C(C)(C)C)ccc1Nc1cc(Oc2ccc3c4ccccc4n(-c4cc(C(C)(C)C)ccn4)c3c2)cc(C(C)(C)C)c1. The standard InChI is InChI=1S/C59H65FN4O/c1-36(2)49-28-39(38-18-21-43(60)22-19-38)29-50(37(3)4)56(49)63-52-32-40(57(5,6)7)20-25-51(52)62-44-30-42(59(11,12)13)31-46(34-44)65-45-23-24-48-47-16-14-15-17-53(47)64(54(48)35-45)55-33-41(26-27-61-55)58(8,9)10/h14-37,62-63H,1-13H3. The van der Waals surface area contributed by atoms with Gasteiger partial charge in [-0.2, -0.15) is 0 Å². The number of benzene rings is 6. The summed E-state index contributed by atoms with van der Waals surface area (Å²) in [5.41, 5.74) is 14.0. The van der Waals surface area contributed by atoms with Gasteiger partial charge in [0.1, 0.15) is 23.1 Å². The number of nitrogens with one attached hydrogen (secondary N) is 2. The third-order valence-electron chi connectivity index (χ3n) is 12.5. The molecule has 0 aliphatic rings. The zero-order valence-electron chi connectivity index (χ0n) is 40.5. The third-order valence-corrected chi connectivity index (χ3v) is 12.5. The van der Waals surface area contributed by atoms with Crippen molar-refractivity contribution in [1.82, 2.24) is 9.55 Å². The van der Waals surface area contributed by atoms with Gasteiger partial charge in [-0.1, -0.05) is 126 Å². The van der Waals surface area contributed by atoms with Crippen LogP contribution >= 0.6 is 0 Å². The predicted octanol–water partition coefficient (Wildman–Crippen LogP) is 17.4. The molecule has 0 atom stereocenters. The van der Waals surface area contributed by atoms with E-state index in [0.717, 1.165) is 73.2 Å². The van der Waals surface area contributed by atoms with Gasteiger partial charge in [-0.3, -0.25) is 4.57 Å². The number of anilines is 4. The number of hydrogen-bond acceptors (Lipinski definition) is 4. The summed E-state index contributed by atoms with van der Waals surface area (Å²) < 4.78 is 23.1. The van der Waals surface area contributed by atoms with Crippen LogP contribution in [0.15, 0.2) is 134 Å². The highest BCUT2D eigenvalue weighted by Gasteiger charge is 2.23. The van der Waals surface area contributed by atoms with Crippen LogP contribution in [0.4, 0.5) is 27.1 Å². The summed E-state index contributed by atoms with van der Waals surface area (Å²) >= 11 is 0. The van der Waals surface area contributed by atoms with Crippen molar-refractivity contribution in [2.75, 3.05) is 10.6 Å². The summed E-state index contributed by atoms with van der Waals surface area (Å²) in [6.45, 7) is 29.1. The Hall–Kier alpha value is -6.40. The Morgan fingerprint density at radius 3 is 1.80 bits per heavy atom. The van der Waals surface area contributed by atoms with Crippen molar-refractivity contribution < 1.29 is 9.13 Å². The van der Waals surface area contributed by atoms with Crippen LogP contribution in [0, 0.1) is 5.82 Å². The van der Waals surface area contributed by atoms with Crippen LogP contribution in [0.25, 0.3) is 38.8 Å². The van der Waals surface area contributed by atoms with Crippen LogP contribution in [0.5, 0.6) is 11.5 Å². The zero-order valence-corrected chi connectivity index (χ0v) is 40.5. The van der Waals surface area contributed by atoms with E-state index in [1.807, 2.05) is 18.3 Å². The minimum Gasteiger partial charge on any atom is -0.457 e. The van der Waals surface area contributed by atoms with E-state index in [-0.39, 0.29) is 33.9 Å². The van der Waals surface area contributed by atoms with Crippen molar-refractivity contribution in [1.29, 1.82) is 0 Å². The van der Waals surface area contributed by atoms with E-state index in [4.69, 9.17) is 9.72 Å². The Kier molecular flexibility index (Phi) is 11.9. The third kappa shape index (κ3) is 9.54. The van der Waals surface area contributed by atoms with E-state index in [9.17, 15) is 4.39 Å². The first-order valence-corrected chi connectivity index (χ1v) is 23.1. The lowest BCUT2D eigenvalue weighted by Crippen LogP contribution is -2.13. The molecule has 0 fully saturated rings. The lowest BCUT2D eigenvalue weighted by atomic mass is 9.86. The van der Waals surface area contributed by atoms with Gasteiger partial charge in [0.05, 0.1) is 22.4 Å². The summed E-state index contributed by atoms with van der Waals surface area (Å²) in [4.78, 5) is 4.89. The average Bonchev–Trinajstić information content (AvgIpc) is 3.57. The maximum Gasteiger partial charge on any atom is 0.137 e. The second-order valence-electron chi connectivity index (χ2n) is 21.4. The highest BCUT2D eigenvalue weighted by atomic mass is 19.1. The lowest BCUT2D eigenvalue weighted by Gasteiger charge is -2.27. The topological polar surface area (TPSA) is 51.1 Å². The van der Waals surface area contributed by atoms with Crippen LogP contribution in [-0.2, 0) is 16.2 Å². The molecule has 65 heavy (non-hydrogen) atoms. The van der Waals surface area contributed by atoms with E-state index in [1.54, 1.807) is 0 Å². The Morgan fingerprint density at radius 2 is 1.15 bits per heavy atom. The van der Waals surface area contributed by atoms with Gasteiger partial charge in [0.2, 0.25) is 0 Å². The van der Waals surface area contributed by atoms with E-state index < -0.39 is 0 Å². The van der Waals surface area contributed by atoms with Crippen molar-refractivity contribution in [3.05, 3.63) is 167 Å². The molecule has 2 N–H and O–H groups in total. The van der Waals surface area contributed by atoms with Crippen molar-refractivity contribution in [2.24, 2.45) is 0 Å². The first-order chi connectivity index (χ1) is 30.6. The molecule has 0 aliphatic heterocycles. The maximum atomic E-state index is 14.0. The molecule has 6 aromatic carbocycles. The Balaban J connectivity index is 1.21. The number of rotatable bonds is 10. The summed E-state index contributed by atoms with van der Waals surface area (Å²) in [6.07, 6.45) is 1.92. The van der Waals surface area contributed by atoms with Crippen LogP contribution in [0.3, 0.4) is 0 Å². The van der Waals surface area contributed by atoms with Gasteiger partial charge in [-0.25, -0.2) is 9.37 Å². The normalized spacial score (nSPS) is 12.4. The van der Waals surface area contributed by atoms with Crippen molar-refractivity contribution in [2.45, 2.75) is 118 Å². The van der Waals surface area contributed by atoms with Gasteiger partial charge in [0.25, 0.3) is 0 Å². The predicted molar refractivity (Wildman–Crippen MR) is 274 cm³/mol. The van der Waals surface area contributed by atoms with E-state index in [1.165, 1.54) is 39.8 Å². The molecule has 0 saturated heterocycles. The van der Waals surface area contributed by atoms with Gasteiger partial charge in [0.15, 0.2) is 0 Å². The van der Waals surface area contributed by atoms with E-state index in [2.05, 4.69) is 208 Å². The summed E-state index contributed by atoms with van der Waals surface area (Å²) in [5.74, 6) is 2.60. The largest absolute Gasteiger partial charge is 0.457 e. The molecule has 334 valence electrons. The Labute approximate surface area is 386 Å². The maximum absolute atomic E-state index is 14.0. The van der Waals surface area contributed by atoms with Crippen LogP contribution < -0.4 is 15.4 Å². The molecule has 0 bridgehead atoms. The van der Waals surface area contributed by atoms with E-state index >= 15 is 0 Å². The van der Waals surface area contributed by atoms with Gasteiger partial charge in [-0.05, 0) is 146 Å². The number of ether oxygens (including phenoxy) is 1. The number of pyridine rings is 1. The molecule has 0 spiro atoms. The highest BCUT2D eigenvalue weighted by Crippen LogP contribution is 2.43. The van der Waals surface area contributed by atoms with Crippen molar-refractivity contribution in [3.8, 4) is 28.4 Å². The molecule has 6 heteroatoms. The molecular weight excluding hydrogens is 800 g/mol. The smallest absolute Gasteiger partial charge is 0.137 e. The minimum absolute atomic E-state index is 0.0219. The summed E-state index contributed by atoms with van der Waals surface area (Å²) in [6, 6.07) is 43.8. The number of aromatic nitrogens is 2. The zero-order chi connectivity index (χ0) is 46.6. The molecule has 0 amide bonds. The van der Waals surface area contributed by atoms with Crippen LogP contribution in [-0.4, -0.2) is 9.55 Å². The summed E-state index contributed by atoms with van der Waals surface area (Å²) in [5, 5.41) is 10.2. The van der Waals surface area contributed by atoms with Crippen molar-refractivity contribution in [3.63, 3.8) is 0 Å². The molecular formula is C59H65FN4O. The van der Waals surface area contributed by atoms with Crippen LogP contribution in [0.2, 0.25) is 0 Å². The second-order valence-corrected chi connectivity index (χ2v) is 21.4. The first kappa shape index (κ1) is 45.2. The lowest BCUT2D eigenvalue weighted by molar-refractivity contribution is 0.479. The number of nitrogens with zero attached hydrogens (tertiary/aromatic N) is 2.